The Morgan fingerprint density at radius 2 is 1.74 bits per heavy atom. The van der Waals surface area contributed by atoms with Crippen molar-refractivity contribution in [3.8, 4) is 11.5 Å². The first-order valence-electron chi connectivity index (χ1n) is 12.8. The maximum atomic E-state index is 13.2. The molecule has 1 N–H and O–H groups in total. The second kappa shape index (κ2) is 13.1. The molecule has 4 aromatic rings. The molecule has 0 saturated carbocycles. The van der Waals surface area contributed by atoms with Crippen LogP contribution in [0.1, 0.15) is 40.2 Å². The number of hydrogen-bond donors (Lipinski definition) is 1. The molecule has 1 amide bonds. The maximum Gasteiger partial charge on any atom is 0.349 e. The van der Waals surface area contributed by atoms with Gasteiger partial charge in [0.1, 0.15) is 22.9 Å². The highest BCUT2D eigenvalue weighted by molar-refractivity contribution is 7.20. The van der Waals surface area contributed by atoms with Crippen LogP contribution in [0, 0.1) is 6.92 Å². The van der Waals surface area contributed by atoms with E-state index < -0.39 is 5.97 Å². The summed E-state index contributed by atoms with van der Waals surface area (Å²) in [5, 5.41) is 3.17. The van der Waals surface area contributed by atoms with Crippen LogP contribution >= 0.6 is 11.3 Å². The van der Waals surface area contributed by atoms with Crippen molar-refractivity contribution >= 4 is 33.4 Å². The number of aryl methyl sites for hydroxylation is 1. The number of ether oxygens (including phenoxy) is 3. The van der Waals surface area contributed by atoms with E-state index in [2.05, 4.69) is 10.3 Å². The fourth-order valence-electron chi connectivity index (χ4n) is 4.06. The minimum Gasteiger partial charge on any atom is -0.490 e. The van der Waals surface area contributed by atoms with E-state index in [0.717, 1.165) is 22.5 Å². The zero-order valence-corrected chi connectivity index (χ0v) is 23.0. The number of esters is 1. The molecule has 0 radical (unpaired) electrons. The van der Waals surface area contributed by atoms with Crippen molar-refractivity contribution in [2.24, 2.45) is 0 Å². The van der Waals surface area contributed by atoms with Gasteiger partial charge in [-0.2, -0.15) is 0 Å². The molecule has 2 heterocycles. The average Bonchev–Trinajstić information content (AvgIpc) is 3.28. The summed E-state index contributed by atoms with van der Waals surface area (Å²) in [5.74, 6) is 0.531. The topological polar surface area (TPSA) is 109 Å². The largest absolute Gasteiger partial charge is 0.490 e. The Bertz CT molecular complexity index is 1510. The SMILES string of the molecule is CCOc1ccc(CCNC(=O)Cn2cnc3sc(C(=O)OCc4ccccc4)c(C)c3c2=O)cc1OCC. The zero-order valence-electron chi connectivity index (χ0n) is 22.2. The summed E-state index contributed by atoms with van der Waals surface area (Å²) in [4.78, 5) is 43.5. The normalized spacial score (nSPS) is 10.8. The summed E-state index contributed by atoms with van der Waals surface area (Å²) in [6.07, 6.45) is 1.92. The van der Waals surface area contributed by atoms with Gasteiger partial charge in [-0.1, -0.05) is 36.4 Å². The fourth-order valence-corrected chi connectivity index (χ4v) is 5.10. The van der Waals surface area contributed by atoms with Gasteiger partial charge in [0.05, 0.1) is 24.9 Å². The third-order valence-corrected chi connectivity index (χ3v) is 7.15. The van der Waals surface area contributed by atoms with Crippen LogP contribution < -0.4 is 20.3 Å². The molecular weight excluding hydrogens is 518 g/mol. The van der Waals surface area contributed by atoms with E-state index in [1.807, 2.05) is 62.4 Å². The highest BCUT2D eigenvalue weighted by Crippen LogP contribution is 2.29. The smallest absolute Gasteiger partial charge is 0.349 e. The van der Waals surface area contributed by atoms with Gasteiger partial charge in [0, 0.05) is 6.54 Å². The Kier molecular flexibility index (Phi) is 9.32. The summed E-state index contributed by atoms with van der Waals surface area (Å²) in [7, 11) is 0. The molecule has 0 aliphatic carbocycles. The van der Waals surface area contributed by atoms with Gasteiger partial charge in [0.2, 0.25) is 5.91 Å². The molecule has 0 aliphatic heterocycles. The lowest BCUT2D eigenvalue weighted by atomic mass is 10.1. The van der Waals surface area contributed by atoms with E-state index in [0.29, 0.717) is 58.3 Å². The van der Waals surface area contributed by atoms with Crippen LogP contribution in [0.2, 0.25) is 0 Å². The van der Waals surface area contributed by atoms with Gasteiger partial charge in [-0.3, -0.25) is 14.2 Å². The molecule has 0 saturated heterocycles. The van der Waals surface area contributed by atoms with Gasteiger partial charge in [0.25, 0.3) is 5.56 Å². The highest BCUT2D eigenvalue weighted by atomic mass is 32.1. The Morgan fingerprint density at radius 3 is 2.49 bits per heavy atom. The van der Waals surface area contributed by atoms with Crippen LogP contribution in [0.4, 0.5) is 0 Å². The Morgan fingerprint density at radius 1 is 1.00 bits per heavy atom. The number of hydrogen-bond acceptors (Lipinski definition) is 8. The molecule has 9 nitrogen and oxygen atoms in total. The molecule has 2 aromatic carbocycles. The number of aromatic nitrogens is 2. The summed E-state index contributed by atoms with van der Waals surface area (Å²) in [5.41, 5.74) is 1.98. The van der Waals surface area contributed by atoms with Crippen molar-refractivity contribution in [2.75, 3.05) is 19.8 Å². The molecule has 0 unspecified atom stereocenters. The fraction of sp³-hybridized carbons (Fsp3) is 0.310. The number of fused-ring (bicyclic) bond motifs is 1. The highest BCUT2D eigenvalue weighted by Gasteiger charge is 2.21. The lowest BCUT2D eigenvalue weighted by molar-refractivity contribution is -0.121. The average molecular weight is 550 g/mol. The van der Waals surface area contributed by atoms with Gasteiger partial charge in [0.15, 0.2) is 11.5 Å². The van der Waals surface area contributed by atoms with Gasteiger partial charge in [-0.25, -0.2) is 9.78 Å². The monoisotopic (exact) mass is 549 g/mol. The molecule has 0 fully saturated rings. The first kappa shape index (κ1) is 27.8. The number of nitrogens with zero attached hydrogens (tertiary/aromatic N) is 2. The molecule has 0 atom stereocenters. The van der Waals surface area contributed by atoms with Crippen LogP contribution in [-0.2, 0) is 29.1 Å². The Balaban J connectivity index is 1.38. The van der Waals surface area contributed by atoms with Crippen LogP contribution in [0.5, 0.6) is 11.5 Å². The van der Waals surface area contributed by atoms with Crippen LogP contribution in [0.25, 0.3) is 10.2 Å². The van der Waals surface area contributed by atoms with Gasteiger partial charge < -0.3 is 19.5 Å². The second-order valence-electron chi connectivity index (χ2n) is 8.72. The lowest BCUT2D eigenvalue weighted by Crippen LogP contribution is -2.33. The minimum atomic E-state index is -0.509. The number of carbonyl (C=O) groups excluding carboxylic acids is 2. The van der Waals surface area contributed by atoms with E-state index in [4.69, 9.17) is 14.2 Å². The standard InChI is InChI=1S/C29H31N3O6S/c1-4-36-22-12-11-20(15-23(22)37-5-2)13-14-30-24(33)16-32-18-31-27-25(28(32)34)19(3)26(39-27)29(35)38-17-21-9-7-6-8-10-21/h6-12,15,18H,4-5,13-14,16-17H2,1-3H3,(H,30,33). The van der Waals surface area contributed by atoms with Crippen molar-refractivity contribution in [1.82, 2.24) is 14.9 Å². The van der Waals surface area contributed by atoms with Crippen LogP contribution in [0.3, 0.4) is 0 Å². The Hall–Kier alpha value is -4.18. The van der Waals surface area contributed by atoms with E-state index in [1.54, 1.807) is 6.92 Å². The van der Waals surface area contributed by atoms with Crippen LogP contribution in [0.15, 0.2) is 59.7 Å². The first-order valence-corrected chi connectivity index (χ1v) is 13.6. The predicted octanol–water partition coefficient (Wildman–Crippen LogP) is 4.28. The Labute approximate surface area is 230 Å². The molecule has 10 heteroatoms. The molecule has 4 rings (SSSR count). The number of amides is 1. The number of carbonyl (C=O) groups is 2. The van der Waals surface area contributed by atoms with Gasteiger partial charge in [-0.05, 0) is 56.0 Å². The van der Waals surface area contributed by atoms with Crippen molar-refractivity contribution in [1.29, 1.82) is 0 Å². The van der Waals surface area contributed by atoms with Crippen molar-refractivity contribution in [3.05, 3.63) is 86.8 Å². The first-order chi connectivity index (χ1) is 18.9. The molecule has 0 spiro atoms. The van der Waals surface area contributed by atoms with Gasteiger partial charge >= 0.3 is 5.97 Å². The third-order valence-electron chi connectivity index (χ3n) is 5.97. The third kappa shape index (κ3) is 6.83. The zero-order chi connectivity index (χ0) is 27.8. The number of rotatable bonds is 12. The van der Waals surface area contributed by atoms with Crippen molar-refractivity contribution < 1.29 is 23.8 Å². The molecule has 0 bridgehead atoms. The van der Waals surface area contributed by atoms with Crippen LogP contribution in [-0.4, -0.2) is 41.2 Å². The van der Waals surface area contributed by atoms with E-state index >= 15 is 0 Å². The minimum absolute atomic E-state index is 0.134. The summed E-state index contributed by atoms with van der Waals surface area (Å²) in [6, 6.07) is 15.1. The van der Waals surface area contributed by atoms with E-state index in [1.165, 1.54) is 10.9 Å². The quantitative estimate of drug-likeness (QED) is 0.263. The number of nitrogens with one attached hydrogen (secondary N) is 1. The van der Waals surface area contributed by atoms with E-state index in [-0.39, 0.29) is 24.6 Å². The number of benzene rings is 2. The summed E-state index contributed by atoms with van der Waals surface area (Å²) >= 11 is 1.11. The number of thiophene rings is 1. The van der Waals surface area contributed by atoms with Crippen molar-refractivity contribution in [2.45, 2.75) is 40.3 Å². The van der Waals surface area contributed by atoms with Crippen molar-refractivity contribution in [3.63, 3.8) is 0 Å². The lowest BCUT2D eigenvalue weighted by Gasteiger charge is -2.13. The van der Waals surface area contributed by atoms with Gasteiger partial charge in [-0.15, -0.1) is 11.3 Å². The molecule has 0 aliphatic rings. The summed E-state index contributed by atoms with van der Waals surface area (Å²) in [6.45, 7) is 6.92. The molecule has 204 valence electrons. The summed E-state index contributed by atoms with van der Waals surface area (Å²) < 4.78 is 17.9. The molecular formula is C29H31N3O6S. The predicted molar refractivity (Wildman–Crippen MR) is 150 cm³/mol. The second-order valence-corrected chi connectivity index (χ2v) is 9.72. The maximum absolute atomic E-state index is 13.2. The van der Waals surface area contributed by atoms with E-state index in [9.17, 15) is 14.4 Å². The molecule has 2 aromatic heterocycles. The molecule has 39 heavy (non-hydrogen) atoms.